The van der Waals surface area contributed by atoms with Crippen LogP contribution in [0.1, 0.15) is 12.0 Å². The molecule has 1 N–H and O–H groups in total. The largest absolute Gasteiger partial charge is 0.496 e. The normalized spacial score (nSPS) is 15.0. The smallest absolute Gasteiger partial charge is 0.243 e. The molecule has 1 amide bonds. The topological polar surface area (TPSA) is 84.9 Å². The quantitative estimate of drug-likeness (QED) is 0.665. The summed E-state index contributed by atoms with van der Waals surface area (Å²) in [5.41, 5.74) is 1.05. The van der Waals surface area contributed by atoms with Crippen LogP contribution in [0.25, 0.3) is 0 Å². The number of benzene rings is 2. The summed E-state index contributed by atoms with van der Waals surface area (Å²) in [7, 11) is -2.14. The van der Waals surface area contributed by atoms with Crippen molar-refractivity contribution in [1.82, 2.24) is 4.31 Å². The first kappa shape index (κ1) is 22.8. The van der Waals surface area contributed by atoms with Crippen LogP contribution in [0.15, 0.2) is 41.3 Å². The first-order valence-electron chi connectivity index (χ1n) is 9.31. The van der Waals surface area contributed by atoms with Gasteiger partial charge in [-0.05, 0) is 42.3 Å². The number of sulfonamides is 1. The van der Waals surface area contributed by atoms with Gasteiger partial charge in [-0.1, -0.05) is 29.3 Å². The molecule has 3 rings (SSSR count). The Kier molecular flexibility index (Phi) is 7.60. The number of carbonyl (C=O) groups is 1. The first-order valence-corrected chi connectivity index (χ1v) is 11.5. The third-order valence-corrected chi connectivity index (χ3v) is 7.42. The highest BCUT2D eigenvalue weighted by molar-refractivity contribution is 7.89. The van der Waals surface area contributed by atoms with Crippen molar-refractivity contribution in [2.75, 3.05) is 38.7 Å². The lowest BCUT2D eigenvalue weighted by Gasteiger charge is -2.26. The van der Waals surface area contributed by atoms with Crippen molar-refractivity contribution in [3.05, 3.63) is 52.0 Å². The average Bonchev–Trinajstić information content (AvgIpc) is 2.76. The van der Waals surface area contributed by atoms with Gasteiger partial charge in [-0.25, -0.2) is 8.42 Å². The number of halogens is 2. The molecule has 1 aliphatic heterocycles. The zero-order chi connectivity index (χ0) is 21.7. The monoisotopic (exact) mass is 472 g/mol. The third kappa shape index (κ3) is 5.25. The highest BCUT2D eigenvalue weighted by atomic mass is 35.5. The van der Waals surface area contributed by atoms with Crippen molar-refractivity contribution in [2.24, 2.45) is 0 Å². The van der Waals surface area contributed by atoms with Crippen LogP contribution in [0.5, 0.6) is 5.75 Å². The average molecular weight is 473 g/mol. The van der Waals surface area contributed by atoms with Gasteiger partial charge in [0.25, 0.3) is 0 Å². The molecule has 0 bridgehead atoms. The van der Waals surface area contributed by atoms with E-state index in [4.69, 9.17) is 32.7 Å². The maximum Gasteiger partial charge on any atom is 0.243 e. The van der Waals surface area contributed by atoms with Crippen molar-refractivity contribution in [1.29, 1.82) is 0 Å². The molecule has 0 aliphatic carbocycles. The van der Waals surface area contributed by atoms with Crippen molar-refractivity contribution >= 4 is 44.8 Å². The molecule has 0 atom stereocenters. The Morgan fingerprint density at radius 2 is 1.93 bits per heavy atom. The molecule has 0 unspecified atom stereocenters. The van der Waals surface area contributed by atoms with Gasteiger partial charge in [0, 0.05) is 19.5 Å². The number of morpholine rings is 1. The molecule has 1 saturated heterocycles. The highest BCUT2D eigenvalue weighted by Gasteiger charge is 2.27. The van der Waals surface area contributed by atoms with E-state index in [-0.39, 0.29) is 22.2 Å². The fourth-order valence-corrected chi connectivity index (χ4v) is 4.91. The number of anilines is 1. The number of carbonyl (C=O) groups excluding carboxylic acids is 1. The second-order valence-corrected chi connectivity index (χ2v) is 9.36. The molecule has 1 fully saturated rings. The zero-order valence-electron chi connectivity index (χ0n) is 16.4. The Labute approximate surface area is 185 Å². The lowest BCUT2D eigenvalue weighted by molar-refractivity contribution is -0.116. The van der Waals surface area contributed by atoms with Crippen LogP contribution in [-0.2, 0) is 26.0 Å². The molecular weight excluding hydrogens is 451 g/mol. The second-order valence-electron chi connectivity index (χ2n) is 6.64. The van der Waals surface area contributed by atoms with Crippen molar-refractivity contribution in [2.45, 2.75) is 17.7 Å². The number of hydrogen-bond acceptors (Lipinski definition) is 5. The summed E-state index contributed by atoms with van der Waals surface area (Å²) in [4.78, 5) is 12.5. The van der Waals surface area contributed by atoms with Gasteiger partial charge in [-0.15, -0.1) is 0 Å². The summed E-state index contributed by atoms with van der Waals surface area (Å²) >= 11 is 12.1. The molecule has 7 nitrogen and oxygen atoms in total. The van der Waals surface area contributed by atoms with Gasteiger partial charge in [0.1, 0.15) is 5.75 Å². The molecule has 2 aromatic rings. The minimum atomic E-state index is -3.64. The molecule has 1 heterocycles. The molecule has 30 heavy (non-hydrogen) atoms. The van der Waals surface area contributed by atoms with Gasteiger partial charge in [0.2, 0.25) is 15.9 Å². The van der Waals surface area contributed by atoms with E-state index in [0.717, 1.165) is 0 Å². The lowest BCUT2D eigenvalue weighted by atomic mass is 10.1. The molecular formula is C20H22Cl2N2O5S. The lowest BCUT2D eigenvalue weighted by Crippen LogP contribution is -2.40. The van der Waals surface area contributed by atoms with E-state index in [2.05, 4.69) is 5.32 Å². The fourth-order valence-electron chi connectivity index (χ4n) is 3.11. The maximum absolute atomic E-state index is 12.9. The van der Waals surface area contributed by atoms with Crippen molar-refractivity contribution in [3.8, 4) is 5.75 Å². The predicted octanol–water partition coefficient (Wildman–Crippen LogP) is 3.59. The van der Waals surface area contributed by atoms with E-state index in [0.29, 0.717) is 54.7 Å². The van der Waals surface area contributed by atoms with E-state index >= 15 is 0 Å². The van der Waals surface area contributed by atoms with Gasteiger partial charge in [0.05, 0.1) is 41.0 Å². The van der Waals surface area contributed by atoms with Crippen molar-refractivity contribution in [3.63, 3.8) is 0 Å². The minimum Gasteiger partial charge on any atom is -0.496 e. The van der Waals surface area contributed by atoms with Crippen LogP contribution in [-0.4, -0.2) is 52.0 Å². The van der Waals surface area contributed by atoms with Gasteiger partial charge in [-0.2, -0.15) is 4.31 Å². The van der Waals surface area contributed by atoms with Crippen LogP contribution >= 0.6 is 23.2 Å². The summed E-state index contributed by atoms with van der Waals surface area (Å²) in [5.74, 6) is 0.243. The molecule has 10 heteroatoms. The number of nitrogens with one attached hydrogen (secondary N) is 1. The van der Waals surface area contributed by atoms with Crippen LogP contribution < -0.4 is 10.1 Å². The molecule has 162 valence electrons. The van der Waals surface area contributed by atoms with Gasteiger partial charge in [-0.3, -0.25) is 4.79 Å². The molecule has 0 saturated carbocycles. The third-order valence-electron chi connectivity index (χ3n) is 4.71. The van der Waals surface area contributed by atoms with E-state index in [1.165, 1.54) is 17.5 Å². The second kappa shape index (κ2) is 9.98. The number of methoxy groups -OCH3 is 1. The van der Waals surface area contributed by atoms with Crippen molar-refractivity contribution < 1.29 is 22.7 Å². The Morgan fingerprint density at radius 1 is 1.20 bits per heavy atom. The summed E-state index contributed by atoms with van der Waals surface area (Å²) in [6, 6.07) is 9.65. The molecule has 0 aromatic heterocycles. The van der Waals surface area contributed by atoms with Gasteiger partial charge >= 0.3 is 0 Å². The summed E-state index contributed by atoms with van der Waals surface area (Å²) in [6.45, 7) is 1.36. The molecule has 2 aromatic carbocycles. The van der Waals surface area contributed by atoms with E-state index < -0.39 is 10.0 Å². The van der Waals surface area contributed by atoms with Gasteiger partial charge < -0.3 is 14.8 Å². The van der Waals surface area contributed by atoms with Gasteiger partial charge in [0.15, 0.2) is 0 Å². The van der Waals surface area contributed by atoms with E-state index in [1.807, 2.05) is 0 Å². The van der Waals surface area contributed by atoms with Crippen LogP contribution in [0.3, 0.4) is 0 Å². The Bertz CT molecular complexity index is 1020. The summed E-state index contributed by atoms with van der Waals surface area (Å²) in [5, 5.41) is 3.33. The number of aryl methyl sites for hydroxylation is 1. The Balaban J connectivity index is 1.74. The fraction of sp³-hybridized carbons (Fsp3) is 0.350. The Morgan fingerprint density at radius 3 is 2.63 bits per heavy atom. The summed E-state index contributed by atoms with van der Waals surface area (Å²) < 4.78 is 37.8. The number of hydrogen-bond donors (Lipinski definition) is 1. The predicted molar refractivity (Wildman–Crippen MR) is 116 cm³/mol. The molecule has 1 aliphatic rings. The van der Waals surface area contributed by atoms with Crippen LogP contribution in [0.4, 0.5) is 5.69 Å². The SMILES string of the molecule is COc1ccc(S(=O)(=O)N2CCOCC2)cc1CCC(=O)Nc1cccc(Cl)c1Cl. The molecule has 0 radical (unpaired) electrons. The van der Waals surface area contributed by atoms with Crippen LogP contribution in [0.2, 0.25) is 10.0 Å². The molecule has 0 spiro atoms. The standard InChI is InChI=1S/C20H22Cl2N2O5S/c1-28-18-7-6-15(30(26,27)24-9-11-29-12-10-24)13-14(18)5-8-19(25)23-17-4-2-3-16(21)20(17)22/h2-4,6-7,13H,5,8-12H2,1H3,(H,23,25). The van der Waals surface area contributed by atoms with E-state index in [1.54, 1.807) is 30.3 Å². The highest BCUT2D eigenvalue weighted by Crippen LogP contribution is 2.30. The van der Waals surface area contributed by atoms with Crippen LogP contribution in [0, 0.1) is 0 Å². The minimum absolute atomic E-state index is 0.111. The first-order chi connectivity index (χ1) is 14.3. The number of ether oxygens (including phenoxy) is 2. The summed E-state index contributed by atoms with van der Waals surface area (Å²) in [6.07, 6.45) is 0.403. The number of nitrogens with zero attached hydrogens (tertiary/aromatic N) is 1. The van der Waals surface area contributed by atoms with E-state index in [9.17, 15) is 13.2 Å². The maximum atomic E-state index is 12.9. The number of rotatable bonds is 7. The zero-order valence-corrected chi connectivity index (χ0v) is 18.7. The Hall–Kier alpha value is -1.84. The number of amides is 1.